The molecule has 144 valence electrons. The van der Waals surface area contributed by atoms with Gasteiger partial charge in [0.25, 0.3) is 0 Å². The normalized spacial score (nSPS) is 11.6. The van der Waals surface area contributed by atoms with Crippen molar-refractivity contribution in [2.24, 2.45) is 0 Å². The molecule has 0 aliphatic rings. The summed E-state index contributed by atoms with van der Waals surface area (Å²) in [6, 6.07) is 7.28. The lowest BCUT2D eigenvalue weighted by Crippen LogP contribution is -2.33. The number of ether oxygens (including phenoxy) is 2. The van der Waals surface area contributed by atoms with Crippen LogP contribution in [0.15, 0.2) is 24.3 Å². The molecule has 0 radical (unpaired) electrons. The van der Waals surface area contributed by atoms with Gasteiger partial charge in [0.1, 0.15) is 5.60 Å². The van der Waals surface area contributed by atoms with Crippen molar-refractivity contribution in [3.05, 3.63) is 35.4 Å². The molecule has 6 nitrogen and oxygen atoms in total. The average Bonchev–Trinajstić information content (AvgIpc) is 2.50. The Labute approximate surface area is 155 Å². The Balaban J connectivity index is 2.36. The van der Waals surface area contributed by atoms with Crippen LogP contribution in [0.3, 0.4) is 0 Å². The van der Waals surface area contributed by atoms with Crippen LogP contribution >= 0.6 is 0 Å². The van der Waals surface area contributed by atoms with E-state index in [-0.39, 0.29) is 30.8 Å². The summed E-state index contributed by atoms with van der Waals surface area (Å²) in [5.41, 5.74) is 1.03. The number of hydrogen-bond acceptors (Lipinski definition) is 5. The SMILES string of the molecule is CC(C)(C)OC(=O)NCCC(=O)OCC(=O)c1ccc(C(C)(C)C)cc1. The van der Waals surface area contributed by atoms with Gasteiger partial charge in [-0.2, -0.15) is 0 Å². The molecule has 1 rings (SSSR count). The number of esters is 1. The smallest absolute Gasteiger partial charge is 0.407 e. The second-order valence-corrected chi connectivity index (χ2v) is 8.09. The van der Waals surface area contributed by atoms with Gasteiger partial charge in [-0.15, -0.1) is 0 Å². The van der Waals surface area contributed by atoms with E-state index in [2.05, 4.69) is 26.1 Å². The van der Waals surface area contributed by atoms with Gasteiger partial charge in [-0.25, -0.2) is 4.79 Å². The number of hydrogen-bond donors (Lipinski definition) is 1. The zero-order valence-corrected chi connectivity index (χ0v) is 16.5. The number of amides is 1. The highest BCUT2D eigenvalue weighted by atomic mass is 16.6. The third-order valence-electron chi connectivity index (χ3n) is 3.43. The highest BCUT2D eigenvalue weighted by Gasteiger charge is 2.17. The molecule has 6 heteroatoms. The van der Waals surface area contributed by atoms with Crippen LogP contribution in [0.5, 0.6) is 0 Å². The molecule has 0 aliphatic carbocycles. The van der Waals surface area contributed by atoms with Gasteiger partial charge in [-0.1, -0.05) is 45.0 Å². The Morgan fingerprint density at radius 2 is 1.54 bits per heavy atom. The fourth-order valence-electron chi connectivity index (χ4n) is 2.04. The third-order valence-corrected chi connectivity index (χ3v) is 3.43. The number of benzene rings is 1. The molecule has 1 aromatic carbocycles. The van der Waals surface area contributed by atoms with Crippen molar-refractivity contribution in [1.29, 1.82) is 0 Å². The van der Waals surface area contributed by atoms with Crippen LogP contribution in [-0.2, 0) is 19.7 Å². The van der Waals surface area contributed by atoms with Gasteiger partial charge in [0, 0.05) is 12.1 Å². The Morgan fingerprint density at radius 3 is 2.04 bits per heavy atom. The minimum absolute atomic E-state index is 0.00911. The Morgan fingerprint density at radius 1 is 0.962 bits per heavy atom. The summed E-state index contributed by atoms with van der Waals surface area (Å²) in [6.07, 6.45) is -0.629. The molecular weight excluding hydrogens is 334 g/mol. The minimum atomic E-state index is -0.598. The van der Waals surface area contributed by atoms with Gasteiger partial charge in [-0.05, 0) is 31.7 Å². The van der Waals surface area contributed by atoms with Crippen LogP contribution in [0.25, 0.3) is 0 Å². The minimum Gasteiger partial charge on any atom is -0.457 e. The lowest BCUT2D eigenvalue weighted by atomic mass is 9.86. The summed E-state index contributed by atoms with van der Waals surface area (Å²) < 4.78 is 10.0. The molecule has 0 spiro atoms. The zero-order chi connectivity index (χ0) is 20.0. The molecule has 0 unspecified atom stereocenters. The first-order valence-corrected chi connectivity index (χ1v) is 8.65. The fourth-order valence-corrected chi connectivity index (χ4v) is 2.04. The molecule has 1 N–H and O–H groups in total. The number of rotatable bonds is 6. The van der Waals surface area contributed by atoms with E-state index in [0.717, 1.165) is 5.56 Å². The molecule has 0 saturated carbocycles. The third kappa shape index (κ3) is 8.14. The van der Waals surface area contributed by atoms with E-state index in [1.807, 2.05) is 12.1 Å². The summed E-state index contributed by atoms with van der Waals surface area (Å²) in [6.45, 7) is 11.3. The summed E-state index contributed by atoms with van der Waals surface area (Å²) in [4.78, 5) is 35.2. The number of carbonyl (C=O) groups excluding carboxylic acids is 3. The first kappa shape index (κ1) is 21.7. The Bertz CT molecular complexity index is 636. The summed E-state index contributed by atoms with van der Waals surface area (Å²) in [7, 11) is 0. The van der Waals surface area contributed by atoms with E-state index in [0.29, 0.717) is 5.56 Å². The molecule has 0 aliphatic heterocycles. The maximum atomic E-state index is 12.1. The fraction of sp³-hybridized carbons (Fsp3) is 0.550. The quantitative estimate of drug-likeness (QED) is 0.616. The van der Waals surface area contributed by atoms with Crippen LogP contribution < -0.4 is 5.32 Å². The lowest BCUT2D eigenvalue weighted by molar-refractivity contribution is -0.142. The number of nitrogens with one attached hydrogen (secondary N) is 1. The number of carbonyl (C=O) groups is 3. The monoisotopic (exact) mass is 363 g/mol. The summed E-state index contributed by atoms with van der Waals surface area (Å²) in [5, 5.41) is 2.46. The maximum absolute atomic E-state index is 12.1. The van der Waals surface area contributed by atoms with Crippen LogP contribution in [0.4, 0.5) is 4.79 Å². The van der Waals surface area contributed by atoms with Crippen molar-refractivity contribution in [1.82, 2.24) is 5.32 Å². The van der Waals surface area contributed by atoms with Gasteiger partial charge in [0.2, 0.25) is 0 Å². The highest BCUT2D eigenvalue weighted by Crippen LogP contribution is 2.22. The Hall–Kier alpha value is -2.37. The number of ketones is 1. The molecule has 0 atom stereocenters. The largest absolute Gasteiger partial charge is 0.457 e. The van der Waals surface area contributed by atoms with Crippen molar-refractivity contribution in [2.75, 3.05) is 13.2 Å². The Kier molecular flexibility index (Phi) is 7.36. The molecule has 0 saturated heterocycles. The predicted molar refractivity (Wildman–Crippen MR) is 99.3 cm³/mol. The van der Waals surface area contributed by atoms with Crippen molar-refractivity contribution < 1.29 is 23.9 Å². The van der Waals surface area contributed by atoms with Crippen molar-refractivity contribution >= 4 is 17.8 Å². The first-order chi connectivity index (χ1) is 11.9. The van der Waals surface area contributed by atoms with Crippen LogP contribution in [0.2, 0.25) is 0 Å². The molecule has 0 aromatic heterocycles. The van der Waals surface area contributed by atoms with Gasteiger partial charge < -0.3 is 14.8 Å². The van der Waals surface area contributed by atoms with Gasteiger partial charge in [-0.3, -0.25) is 9.59 Å². The standard InChI is InChI=1S/C20H29NO5/c1-19(2,3)15-9-7-14(8-10-15)16(22)13-25-17(23)11-12-21-18(24)26-20(4,5)6/h7-10H,11-13H2,1-6H3,(H,21,24). The number of alkyl carbamates (subject to hydrolysis) is 1. The van der Waals surface area contributed by atoms with Crippen LogP contribution in [0.1, 0.15) is 63.9 Å². The van der Waals surface area contributed by atoms with Gasteiger partial charge in [0.15, 0.2) is 12.4 Å². The zero-order valence-electron chi connectivity index (χ0n) is 16.5. The molecule has 0 bridgehead atoms. The van der Waals surface area contributed by atoms with E-state index in [1.54, 1.807) is 32.9 Å². The van der Waals surface area contributed by atoms with Crippen molar-refractivity contribution in [3.8, 4) is 0 Å². The van der Waals surface area contributed by atoms with E-state index in [9.17, 15) is 14.4 Å². The average molecular weight is 363 g/mol. The van der Waals surface area contributed by atoms with Crippen LogP contribution in [0, 0.1) is 0 Å². The van der Waals surface area contributed by atoms with E-state index in [4.69, 9.17) is 9.47 Å². The van der Waals surface area contributed by atoms with Crippen molar-refractivity contribution in [2.45, 2.75) is 59.0 Å². The predicted octanol–water partition coefficient (Wildman–Crippen LogP) is 3.62. The molecule has 0 fully saturated rings. The molecule has 0 heterocycles. The van der Waals surface area contributed by atoms with Crippen molar-refractivity contribution in [3.63, 3.8) is 0 Å². The van der Waals surface area contributed by atoms with Crippen LogP contribution in [-0.4, -0.2) is 36.6 Å². The second-order valence-electron chi connectivity index (χ2n) is 8.09. The molecule has 1 amide bonds. The van der Waals surface area contributed by atoms with E-state index >= 15 is 0 Å². The van der Waals surface area contributed by atoms with E-state index < -0.39 is 17.7 Å². The molecule has 26 heavy (non-hydrogen) atoms. The summed E-state index contributed by atoms with van der Waals surface area (Å²) in [5.74, 6) is -0.820. The lowest BCUT2D eigenvalue weighted by Gasteiger charge is -2.19. The maximum Gasteiger partial charge on any atom is 0.407 e. The first-order valence-electron chi connectivity index (χ1n) is 8.65. The van der Waals surface area contributed by atoms with Gasteiger partial charge in [0.05, 0.1) is 6.42 Å². The van der Waals surface area contributed by atoms with E-state index in [1.165, 1.54) is 0 Å². The van der Waals surface area contributed by atoms with Gasteiger partial charge >= 0.3 is 12.1 Å². The number of Topliss-reactive ketones (excluding diaryl/α,β-unsaturated/α-hetero) is 1. The molecule has 1 aromatic rings. The molecular formula is C20H29NO5. The summed E-state index contributed by atoms with van der Waals surface area (Å²) >= 11 is 0. The topological polar surface area (TPSA) is 81.7 Å². The highest BCUT2D eigenvalue weighted by molar-refractivity contribution is 5.98. The second kappa shape index (κ2) is 8.83.